The first-order valence-corrected chi connectivity index (χ1v) is 13.4. The molecule has 0 radical (unpaired) electrons. The van der Waals surface area contributed by atoms with Crippen LogP contribution >= 0.6 is 0 Å². The summed E-state index contributed by atoms with van der Waals surface area (Å²) in [5.74, 6) is -1.64. The highest BCUT2D eigenvalue weighted by Gasteiger charge is 2.31. The van der Waals surface area contributed by atoms with E-state index in [4.69, 9.17) is 4.74 Å². The summed E-state index contributed by atoms with van der Waals surface area (Å²) in [5, 5.41) is 2.93. The van der Waals surface area contributed by atoms with Crippen molar-refractivity contribution in [2.45, 2.75) is 59.2 Å². The van der Waals surface area contributed by atoms with Crippen LogP contribution in [0.3, 0.4) is 0 Å². The number of aromatic nitrogens is 1. The van der Waals surface area contributed by atoms with Gasteiger partial charge in [0.05, 0.1) is 25.1 Å². The van der Waals surface area contributed by atoms with Crippen LogP contribution in [0.25, 0.3) is 11.1 Å². The van der Waals surface area contributed by atoms with Crippen molar-refractivity contribution in [3.05, 3.63) is 99.0 Å². The van der Waals surface area contributed by atoms with E-state index in [1.165, 1.54) is 19.2 Å². The Balaban J connectivity index is 1.96. The molecule has 0 aliphatic rings. The molecule has 41 heavy (non-hydrogen) atoms. The Morgan fingerprint density at radius 2 is 1.66 bits per heavy atom. The lowest BCUT2D eigenvalue weighted by molar-refractivity contribution is -0.141. The maximum absolute atomic E-state index is 13.6. The third-order valence-electron chi connectivity index (χ3n) is 6.94. The highest BCUT2D eigenvalue weighted by molar-refractivity contribution is 5.81. The molecule has 9 heteroatoms. The maximum atomic E-state index is 13.6. The lowest BCUT2D eigenvalue weighted by Crippen LogP contribution is -2.37. The van der Waals surface area contributed by atoms with Gasteiger partial charge in [0.1, 0.15) is 0 Å². The fraction of sp³-hybridized carbons (Fsp3) is 0.375. The number of ether oxygens (including phenoxy) is 1. The lowest BCUT2D eigenvalue weighted by atomic mass is 9.89. The molecule has 3 rings (SSSR count). The quantitative estimate of drug-likeness (QED) is 0.287. The highest BCUT2D eigenvalue weighted by Crippen LogP contribution is 2.30. The van der Waals surface area contributed by atoms with Crippen molar-refractivity contribution in [1.29, 1.82) is 0 Å². The Labute approximate surface area is 238 Å². The van der Waals surface area contributed by atoms with Crippen LogP contribution in [0.15, 0.2) is 65.7 Å². The molecule has 0 fully saturated rings. The van der Waals surface area contributed by atoms with E-state index in [9.17, 15) is 27.6 Å². The molecule has 0 aliphatic heterocycles. The Kier molecular flexibility index (Phi) is 10.4. The number of carbonyl (C=O) groups is 2. The average molecular weight is 569 g/mol. The normalized spacial score (nSPS) is 13.0. The van der Waals surface area contributed by atoms with Crippen molar-refractivity contribution in [3.63, 3.8) is 0 Å². The molecule has 218 valence electrons. The third kappa shape index (κ3) is 8.49. The predicted octanol–water partition coefficient (Wildman–Crippen LogP) is 6.37. The molecule has 0 aliphatic carbocycles. The molecule has 0 bridgehead atoms. The monoisotopic (exact) mass is 568 g/mol. The zero-order chi connectivity index (χ0) is 30.3. The topological polar surface area (TPSA) is 85.4 Å². The Morgan fingerprint density at radius 1 is 1.00 bits per heavy atom. The largest absolute Gasteiger partial charge is 0.469 e. The van der Waals surface area contributed by atoms with Gasteiger partial charge in [0.15, 0.2) is 5.43 Å². The number of halogens is 3. The number of carbonyl (C=O) groups excluding carboxylic acids is 2. The second-order valence-corrected chi connectivity index (χ2v) is 10.7. The highest BCUT2D eigenvalue weighted by atomic mass is 19.4. The first-order chi connectivity index (χ1) is 19.3. The van der Waals surface area contributed by atoms with Gasteiger partial charge in [-0.15, -0.1) is 0 Å². The molecule has 2 aromatic carbocycles. The first kappa shape index (κ1) is 31.5. The molecule has 0 saturated heterocycles. The van der Waals surface area contributed by atoms with E-state index in [0.717, 1.165) is 28.3 Å². The number of nitrogens with zero attached hydrogens (tertiary/aromatic N) is 1. The van der Waals surface area contributed by atoms with E-state index in [1.807, 2.05) is 52.0 Å². The Bertz CT molecular complexity index is 1430. The minimum atomic E-state index is -4.66. The summed E-state index contributed by atoms with van der Waals surface area (Å²) >= 11 is 0. The van der Waals surface area contributed by atoms with Crippen LogP contribution in [0.5, 0.6) is 0 Å². The number of benzene rings is 1. The fourth-order valence-corrected chi connectivity index (χ4v) is 4.94. The number of hydrogen-bond donors (Lipinski definition) is 1. The molecular formula is C32H35F3N2O4. The third-order valence-corrected chi connectivity index (χ3v) is 6.94. The van der Waals surface area contributed by atoms with Gasteiger partial charge in [0, 0.05) is 29.4 Å². The van der Waals surface area contributed by atoms with E-state index in [1.54, 1.807) is 12.4 Å². The molecule has 2 atom stereocenters. The predicted molar refractivity (Wildman–Crippen MR) is 151 cm³/mol. The molecule has 0 unspecified atom stereocenters. The fourth-order valence-electron chi connectivity index (χ4n) is 4.94. The van der Waals surface area contributed by atoms with E-state index >= 15 is 0 Å². The van der Waals surface area contributed by atoms with Gasteiger partial charge in [-0.1, -0.05) is 44.2 Å². The van der Waals surface area contributed by atoms with Crippen molar-refractivity contribution < 1.29 is 27.5 Å². The van der Waals surface area contributed by atoms with Gasteiger partial charge in [0.2, 0.25) is 5.91 Å². The molecule has 1 N–H and O–H groups in total. The number of rotatable bonds is 10. The summed E-state index contributed by atoms with van der Waals surface area (Å²) in [6, 6.07) is 10.9. The summed E-state index contributed by atoms with van der Waals surface area (Å²) in [4.78, 5) is 43.1. The number of aryl methyl sites for hydroxylation is 2. The van der Waals surface area contributed by atoms with Crippen LogP contribution < -0.4 is 10.7 Å². The number of esters is 1. The molecule has 1 amide bonds. The van der Waals surface area contributed by atoms with Gasteiger partial charge < -0.3 is 10.1 Å². The van der Waals surface area contributed by atoms with Crippen molar-refractivity contribution in [1.82, 2.24) is 10.3 Å². The summed E-state index contributed by atoms with van der Waals surface area (Å²) in [7, 11) is 1.26. The maximum Gasteiger partial charge on any atom is 0.416 e. The average Bonchev–Trinajstić information content (AvgIpc) is 3.08. The molecule has 0 saturated carbocycles. The summed E-state index contributed by atoms with van der Waals surface area (Å²) in [6.45, 7) is 7.81. The van der Waals surface area contributed by atoms with E-state index in [2.05, 4.69) is 10.3 Å². The standard InChI is InChI=1S/C32H35F3N2O4/c1-19(2)12-23(13-22-10-7-11-26(15-28(22)38)32(33,34)35)31(40)37-27(16-29(39)41-5)24-14-25(18-36-17-24)30-20(3)8-6-9-21(30)4/h6-11,14-15,17-19,23,27H,12-13,16H2,1-5H3,(H,37,40)/t23-,27-/m0/s1. The Hall–Kier alpha value is -4.01. The van der Waals surface area contributed by atoms with Crippen LogP contribution in [0.2, 0.25) is 0 Å². The minimum absolute atomic E-state index is 0.0529. The van der Waals surface area contributed by atoms with Crippen molar-refractivity contribution in [2.24, 2.45) is 11.8 Å². The van der Waals surface area contributed by atoms with Gasteiger partial charge in [-0.3, -0.25) is 19.4 Å². The zero-order valence-electron chi connectivity index (χ0n) is 23.8. The number of amides is 1. The van der Waals surface area contributed by atoms with Crippen LogP contribution in [-0.2, 0) is 26.9 Å². The van der Waals surface area contributed by atoms with Crippen molar-refractivity contribution >= 4 is 11.9 Å². The van der Waals surface area contributed by atoms with Gasteiger partial charge in [0.25, 0.3) is 0 Å². The number of pyridine rings is 1. The first-order valence-electron chi connectivity index (χ1n) is 13.4. The van der Waals surface area contributed by atoms with Crippen LogP contribution in [-0.4, -0.2) is 24.0 Å². The van der Waals surface area contributed by atoms with Gasteiger partial charge in [-0.05, 0) is 73.1 Å². The van der Waals surface area contributed by atoms with Gasteiger partial charge in [-0.25, -0.2) is 0 Å². The van der Waals surface area contributed by atoms with Crippen molar-refractivity contribution in [3.8, 4) is 11.1 Å². The van der Waals surface area contributed by atoms with Crippen LogP contribution in [0.4, 0.5) is 13.2 Å². The second-order valence-electron chi connectivity index (χ2n) is 10.7. The number of nitrogens with one attached hydrogen (secondary N) is 1. The van der Waals surface area contributed by atoms with Gasteiger partial charge in [-0.2, -0.15) is 13.2 Å². The SMILES string of the molecule is COC(=O)C[C@H](NC(=O)[C@H](Cc1cccc(C(F)(F)F)cc1=O)CC(C)C)c1cncc(-c2c(C)cccc2C)c1. The van der Waals surface area contributed by atoms with Crippen molar-refractivity contribution in [2.75, 3.05) is 7.11 Å². The molecule has 6 nitrogen and oxygen atoms in total. The summed E-state index contributed by atoms with van der Waals surface area (Å²) in [5.41, 5.74) is 2.78. The molecule has 3 aromatic rings. The summed E-state index contributed by atoms with van der Waals surface area (Å²) < 4.78 is 44.5. The lowest BCUT2D eigenvalue weighted by Gasteiger charge is -2.24. The Morgan fingerprint density at radius 3 is 2.27 bits per heavy atom. The summed E-state index contributed by atoms with van der Waals surface area (Å²) in [6.07, 6.45) is -1.20. The van der Waals surface area contributed by atoms with E-state index < -0.39 is 41.0 Å². The molecular weight excluding hydrogens is 533 g/mol. The molecule has 1 heterocycles. The minimum Gasteiger partial charge on any atom is -0.469 e. The van der Waals surface area contributed by atoms with Crippen LogP contribution in [0, 0.1) is 25.7 Å². The van der Waals surface area contributed by atoms with Gasteiger partial charge >= 0.3 is 12.1 Å². The number of methoxy groups -OCH3 is 1. The second kappa shape index (κ2) is 13.6. The van der Waals surface area contributed by atoms with Crippen LogP contribution in [0.1, 0.15) is 60.5 Å². The van der Waals surface area contributed by atoms with E-state index in [0.29, 0.717) is 18.1 Å². The smallest absolute Gasteiger partial charge is 0.416 e. The zero-order valence-corrected chi connectivity index (χ0v) is 23.8. The van der Waals surface area contributed by atoms with E-state index in [-0.39, 0.29) is 24.3 Å². The molecule has 1 aromatic heterocycles. The number of alkyl halides is 3. The molecule has 0 spiro atoms. The number of hydrogen-bond acceptors (Lipinski definition) is 5.